The molecule has 1 aliphatic rings. The first kappa shape index (κ1) is 14.4. The highest BCUT2D eigenvalue weighted by atomic mass is 79.9. The molecule has 3 atom stereocenters. The fraction of sp³-hybridized carbons (Fsp3) is 0.538. The van der Waals surface area contributed by atoms with Crippen LogP contribution in [-0.2, 0) is 0 Å². The molecule has 0 amide bonds. The lowest BCUT2D eigenvalue weighted by Crippen LogP contribution is -2.61. The first-order valence-corrected chi connectivity index (χ1v) is 7.50. The zero-order chi connectivity index (χ0) is 13.5. The fourth-order valence-corrected chi connectivity index (χ4v) is 3.10. The predicted octanol–water partition coefficient (Wildman–Crippen LogP) is 4.65. The Labute approximate surface area is 126 Å². The van der Waals surface area contributed by atoms with Crippen LogP contribution < -0.4 is 10.5 Å². The van der Waals surface area contributed by atoms with Crippen LogP contribution in [0.25, 0.3) is 0 Å². The summed E-state index contributed by atoms with van der Waals surface area (Å²) in [6.07, 6.45) is 1.95. The maximum atomic E-state index is 6.15. The van der Waals surface area contributed by atoms with E-state index in [1.165, 1.54) is 0 Å². The molecular formula is C13H16BrCl2NO. The fourth-order valence-electron chi connectivity index (χ4n) is 2.27. The molecule has 2 nitrogen and oxygen atoms in total. The summed E-state index contributed by atoms with van der Waals surface area (Å²) in [4.78, 5) is 0. The first-order valence-electron chi connectivity index (χ1n) is 5.95. The summed E-state index contributed by atoms with van der Waals surface area (Å²) in [5, 5.41) is 1.15. The maximum absolute atomic E-state index is 6.15. The van der Waals surface area contributed by atoms with Crippen molar-refractivity contribution in [3.63, 3.8) is 0 Å². The van der Waals surface area contributed by atoms with Crippen LogP contribution in [0.4, 0.5) is 0 Å². The van der Waals surface area contributed by atoms with Crippen LogP contribution in [0, 0.1) is 5.41 Å². The van der Waals surface area contributed by atoms with Crippen LogP contribution in [0.2, 0.25) is 10.0 Å². The first-order chi connectivity index (χ1) is 8.38. The van der Waals surface area contributed by atoms with E-state index in [4.69, 9.17) is 33.7 Å². The van der Waals surface area contributed by atoms with Gasteiger partial charge in [0, 0.05) is 28.4 Å². The smallest absolute Gasteiger partial charge is 0.139 e. The van der Waals surface area contributed by atoms with Gasteiger partial charge in [-0.15, -0.1) is 0 Å². The summed E-state index contributed by atoms with van der Waals surface area (Å²) < 4.78 is 6.75. The molecule has 0 spiro atoms. The van der Waals surface area contributed by atoms with E-state index in [0.29, 0.717) is 15.8 Å². The molecule has 2 rings (SSSR count). The van der Waals surface area contributed by atoms with Gasteiger partial charge in [0.25, 0.3) is 0 Å². The van der Waals surface area contributed by atoms with E-state index in [9.17, 15) is 0 Å². The topological polar surface area (TPSA) is 35.2 Å². The van der Waals surface area contributed by atoms with Crippen molar-refractivity contribution in [3.8, 4) is 5.75 Å². The Hall–Kier alpha value is 0.0400. The van der Waals surface area contributed by atoms with Crippen LogP contribution in [0.3, 0.4) is 0 Å². The van der Waals surface area contributed by atoms with Crippen LogP contribution in [0.15, 0.2) is 16.6 Å². The van der Waals surface area contributed by atoms with E-state index in [-0.39, 0.29) is 17.6 Å². The molecule has 0 heterocycles. The quantitative estimate of drug-likeness (QED) is 0.803. The molecule has 0 bridgehead atoms. The molecule has 1 saturated carbocycles. The molecule has 3 unspecified atom stereocenters. The number of nitrogens with two attached hydrogens (primary N) is 1. The van der Waals surface area contributed by atoms with E-state index in [2.05, 4.69) is 29.8 Å². The molecule has 0 saturated heterocycles. The second-order valence-electron chi connectivity index (χ2n) is 5.00. The average molecular weight is 353 g/mol. The zero-order valence-electron chi connectivity index (χ0n) is 10.3. The summed E-state index contributed by atoms with van der Waals surface area (Å²) in [7, 11) is 0. The van der Waals surface area contributed by atoms with Crippen molar-refractivity contribution < 1.29 is 4.74 Å². The van der Waals surface area contributed by atoms with Crippen LogP contribution in [0.1, 0.15) is 26.7 Å². The molecule has 1 aromatic rings. The molecule has 18 heavy (non-hydrogen) atoms. The van der Waals surface area contributed by atoms with Gasteiger partial charge >= 0.3 is 0 Å². The van der Waals surface area contributed by atoms with Crippen molar-refractivity contribution in [1.29, 1.82) is 0 Å². The Bertz CT molecular complexity index is 469. The average Bonchev–Trinajstić information content (AvgIpc) is 2.34. The van der Waals surface area contributed by atoms with Crippen molar-refractivity contribution in [2.75, 3.05) is 0 Å². The number of halogens is 3. The second-order valence-corrected chi connectivity index (χ2v) is 6.67. The van der Waals surface area contributed by atoms with Gasteiger partial charge in [-0.2, -0.15) is 0 Å². The lowest BCUT2D eigenvalue weighted by Gasteiger charge is -2.51. The zero-order valence-corrected chi connectivity index (χ0v) is 13.4. The van der Waals surface area contributed by atoms with Crippen LogP contribution in [-0.4, -0.2) is 12.1 Å². The molecule has 0 aliphatic heterocycles. The number of ether oxygens (including phenoxy) is 1. The highest BCUT2D eigenvalue weighted by Gasteiger charge is 2.50. The molecule has 2 N–H and O–H groups in total. The highest BCUT2D eigenvalue weighted by molar-refractivity contribution is 9.10. The summed E-state index contributed by atoms with van der Waals surface area (Å²) >= 11 is 15.5. The minimum absolute atomic E-state index is 0.0167. The molecule has 1 aliphatic carbocycles. The van der Waals surface area contributed by atoms with Gasteiger partial charge in [-0.1, -0.05) is 37.0 Å². The van der Waals surface area contributed by atoms with Crippen molar-refractivity contribution in [3.05, 3.63) is 26.7 Å². The van der Waals surface area contributed by atoms with Gasteiger partial charge in [0.2, 0.25) is 0 Å². The Kier molecular flexibility index (Phi) is 4.17. The maximum Gasteiger partial charge on any atom is 0.139 e. The molecule has 1 fully saturated rings. The number of rotatable bonds is 3. The molecule has 0 radical (unpaired) electrons. The summed E-state index contributed by atoms with van der Waals surface area (Å²) in [6.45, 7) is 4.28. The van der Waals surface area contributed by atoms with Crippen molar-refractivity contribution >= 4 is 39.1 Å². The van der Waals surface area contributed by atoms with Crippen LogP contribution >= 0.6 is 39.1 Å². The largest absolute Gasteiger partial charge is 0.488 e. The van der Waals surface area contributed by atoms with E-state index in [1.54, 1.807) is 12.1 Å². The Morgan fingerprint density at radius 2 is 2.11 bits per heavy atom. The number of hydrogen-bond donors (Lipinski definition) is 1. The van der Waals surface area contributed by atoms with Gasteiger partial charge in [-0.05, 0) is 28.4 Å². The lowest BCUT2D eigenvalue weighted by molar-refractivity contribution is -0.0559. The van der Waals surface area contributed by atoms with Gasteiger partial charge in [0.05, 0.1) is 10.0 Å². The highest BCUT2D eigenvalue weighted by Crippen LogP contribution is 2.46. The molecule has 0 aromatic heterocycles. The minimum Gasteiger partial charge on any atom is -0.488 e. The summed E-state index contributed by atoms with van der Waals surface area (Å²) in [5.74, 6) is 0.626. The third-order valence-corrected chi connectivity index (χ3v) is 5.55. The minimum atomic E-state index is 0.0167. The Morgan fingerprint density at radius 1 is 1.44 bits per heavy atom. The van der Waals surface area contributed by atoms with E-state index >= 15 is 0 Å². The van der Waals surface area contributed by atoms with Crippen LogP contribution in [0.5, 0.6) is 5.75 Å². The third kappa shape index (κ3) is 2.38. The van der Waals surface area contributed by atoms with Gasteiger partial charge in [-0.25, -0.2) is 0 Å². The third-order valence-electron chi connectivity index (χ3n) is 4.06. The molecule has 100 valence electrons. The Morgan fingerprint density at radius 3 is 2.67 bits per heavy atom. The summed E-state index contributed by atoms with van der Waals surface area (Å²) in [5.41, 5.74) is 6.07. The predicted molar refractivity (Wildman–Crippen MR) is 79.6 cm³/mol. The van der Waals surface area contributed by atoms with Gasteiger partial charge in [-0.3, -0.25) is 0 Å². The van der Waals surface area contributed by atoms with Gasteiger partial charge in [0.1, 0.15) is 11.9 Å². The van der Waals surface area contributed by atoms with Gasteiger partial charge < -0.3 is 10.5 Å². The Balaban J connectivity index is 2.18. The number of benzene rings is 1. The summed E-state index contributed by atoms with van der Waals surface area (Å²) in [6, 6.07) is 3.69. The van der Waals surface area contributed by atoms with E-state index in [1.807, 2.05) is 0 Å². The number of hydrogen-bond acceptors (Lipinski definition) is 2. The van der Waals surface area contributed by atoms with Crippen molar-refractivity contribution in [2.24, 2.45) is 11.1 Å². The normalized spacial score (nSPS) is 31.0. The molecular weight excluding hydrogens is 337 g/mol. The molecule has 1 aromatic carbocycles. The SMILES string of the molecule is CCC1(C)C(N)CC1Oc1cc(Cl)c(Br)cc1Cl. The standard InChI is InChI=1S/C13H16BrCl2NO/c1-3-13(2)11(17)6-12(13)18-10-5-8(15)7(14)4-9(10)16/h4-5,11-12H,3,6,17H2,1-2H3. The van der Waals surface area contributed by atoms with E-state index < -0.39 is 0 Å². The monoisotopic (exact) mass is 351 g/mol. The molecule has 5 heteroatoms. The lowest BCUT2D eigenvalue weighted by atomic mass is 9.62. The van der Waals surface area contributed by atoms with Crippen molar-refractivity contribution in [2.45, 2.75) is 38.8 Å². The second kappa shape index (κ2) is 5.20. The van der Waals surface area contributed by atoms with Gasteiger partial charge in [0.15, 0.2) is 0 Å². The van der Waals surface area contributed by atoms with Crippen molar-refractivity contribution in [1.82, 2.24) is 0 Å². The van der Waals surface area contributed by atoms with E-state index in [0.717, 1.165) is 17.3 Å².